The maximum atomic E-state index is 5.89. The third-order valence-corrected chi connectivity index (χ3v) is 3.21. The molecule has 0 aromatic carbocycles. The second kappa shape index (κ2) is 5.99. The van der Waals surface area contributed by atoms with Gasteiger partial charge in [0.05, 0.1) is 10.2 Å². The van der Waals surface area contributed by atoms with E-state index in [2.05, 4.69) is 38.8 Å². The van der Waals surface area contributed by atoms with Gasteiger partial charge in [0.25, 0.3) is 0 Å². The molecular weight excluding hydrogens is 267 g/mol. The summed E-state index contributed by atoms with van der Waals surface area (Å²) in [5.74, 6) is 0. The molecule has 0 aliphatic carbocycles. The van der Waals surface area contributed by atoms with E-state index in [1.54, 1.807) is 0 Å². The minimum Gasteiger partial charge on any atom is -0.121 e. The van der Waals surface area contributed by atoms with Crippen LogP contribution in [0.2, 0.25) is 0 Å². The smallest absolute Gasteiger partial charge is 0.0596 e. The molecule has 0 nitrogen and oxygen atoms in total. The van der Waals surface area contributed by atoms with Crippen molar-refractivity contribution in [1.29, 1.82) is 0 Å². The van der Waals surface area contributed by atoms with E-state index in [1.165, 1.54) is 4.83 Å². The molecule has 3 heteroatoms. The Hall–Kier alpha value is 1.25. The fraction of sp³-hybridized carbons (Fsp3) is 0.833. The molecule has 1 unspecified atom stereocenters. The molecule has 0 fully saturated rings. The second-order valence-corrected chi connectivity index (χ2v) is 4.10. The van der Waals surface area contributed by atoms with Crippen molar-refractivity contribution < 1.29 is 0 Å². The maximum Gasteiger partial charge on any atom is 0.0596 e. The highest BCUT2D eigenvalue weighted by Crippen LogP contribution is 2.26. The molecule has 0 amide bonds. The Balaban J connectivity index is 3.32. The van der Waals surface area contributed by atoms with E-state index in [0.29, 0.717) is 0 Å². The molecular formula is C6H10Br2Cl. The van der Waals surface area contributed by atoms with E-state index in [9.17, 15) is 0 Å². The second-order valence-electron chi connectivity index (χ2n) is 1.76. The van der Waals surface area contributed by atoms with Gasteiger partial charge in [-0.3, -0.25) is 0 Å². The predicted octanol–water partition coefficient (Wildman–Crippen LogP) is 3.72. The van der Waals surface area contributed by atoms with Crippen molar-refractivity contribution in [2.45, 2.75) is 25.1 Å². The standard InChI is InChI=1S/C6H10Br2Cl/c1-2-6(9)5(8)3-4-7/h6H,2-4H2,1H3. The molecule has 0 N–H and O–H groups in total. The van der Waals surface area contributed by atoms with Crippen LogP contribution in [-0.4, -0.2) is 10.7 Å². The van der Waals surface area contributed by atoms with Crippen LogP contribution in [0.1, 0.15) is 19.8 Å². The minimum absolute atomic E-state index is 0.197. The van der Waals surface area contributed by atoms with Gasteiger partial charge in [0, 0.05) is 5.33 Å². The molecule has 0 spiro atoms. The molecule has 0 saturated heterocycles. The summed E-state index contributed by atoms with van der Waals surface area (Å²) >= 11 is 12.6. The Bertz CT molecular complexity index is 68.1. The van der Waals surface area contributed by atoms with Crippen molar-refractivity contribution in [2.24, 2.45) is 0 Å². The lowest BCUT2D eigenvalue weighted by atomic mass is 10.2. The molecule has 1 atom stereocenters. The number of halogens is 3. The van der Waals surface area contributed by atoms with Crippen LogP contribution in [0.15, 0.2) is 0 Å². The number of rotatable bonds is 4. The van der Waals surface area contributed by atoms with E-state index < -0.39 is 0 Å². The molecule has 0 saturated carbocycles. The summed E-state index contributed by atoms with van der Waals surface area (Å²) in [5, 5.41) is 1.18. The first-order valence-electron chi connectivity index (χ1n) is 2.93. The van der Waals surface area contributed by atoms with Gasteiger partial charge in [-0.25, -0.2) is 0 Å². The van der Waals surface area contributed by atoms with Crippen LogP contribution in [0, 0.1) is 4.83 Å². The minimum atomic E-state index is 0.197. The Labute approximate surface area is 78.6 Å². The summed E-state index contributed by atoms with van der Waals surface area (Å²) in [7, 11) is 0. The van der Waals surface area contributed by atoms with Crippen molar-refractivity contribution in [3.63, 3.8) is 0 Å². The zero-order valence-corrected chi connectivity index (χ0v) is 9.26. The molecule has 0 heterocycles. The molecule has 1 radical (unpaired) electrons. The maximum absolute atomic E-state index is 5.89. The Kier molecular flexibility index (Phi) is 6.82. The summed E-state index contributed by atoms with van der Waals surface area (Å²) in [5.41, 5.74) is 0. The Morgan fingerprint density at radius 3 is 2.56 bits per heavy atom. The first-order valence-corrected chi connectivity index (χ1v) is 5.28. The van der Waals surface area contributed by atoms with Gasteiger partial charge in [0.15, 0.2) is 0 Å². The first kappa shape index (κ1) is 10.2. The SMILES string of the molecule is CCC(Cl)[C](Br)CCBr. The fourth-order valence-electron chi connectivity index (χ4n) is 0.468. The van der Waals surface area contributed by atoms with Gasteiger partial charge in [-0.1, -0.05) is 38.8 Å². The largest absolute Gasteiger partial charge is 0.121 e. The van der Waals surface area contributed by atoms with Crippen molar-refractivity contribution >= 4 is 43.5 Å². The highest BCUT2D eigenvalue weighted by atomic mass is 79.9. The van der Waals surface area contributed by atoms with Gasteiger partial charge in [-0.05, 0) is 12.8 Å². The summed E-state index contributed by atoms with van der Waals surface area (Å²) in [6, 6.07) is 0. The topological polar surface area (TPSA) is 0 Å². The van der Waals surface area contributed by atoms with Gasteiger partial charge in [-0.2, -0.15) is 0 Å². The average Bonchev–Trinajstić information content (AvgIpc) is 1.87. The highest BCUT2D eigenvalue weighted by Gasteiger charge is 2.13. The van der Waals surface area contributed by atoms with E-state index in [4.69, 9.17) is 11.6 Å². The van der Waals surface area contributed by atoms with E-state index >= 15 is 0 Å². The lowest BCUT2D eigenvalue weighted by Crippen LogP contribution is -2.04. The van der Waals surface area contributed by atoms with Gasteiger partial charge in [-0.15, -0.1) is 11.6 Å². The lowest BCUT2D eigenvalue weighted by molar-refractivity contribution is 0.847. The summed E-state index contributed by atoms with van der Waals surface area (Å²) in [6.07, 6.45) is 2.01. The lowest BCUT2D eigenvalue weighted by Gasteiger charge is -2.10. The summed E-state index contributed by atoms with van der Waals surface area (Å²) in [4.78, 5) is 1.20. The molecule has 0 aliphatic heterocycles. The Morgan fingerprint density at radius 2 is 2.22 bits per heavy atom. The third-order valence-electron chi connectivity index (χ3n) is 1.03. The summed E-state index contributed by atoms with van der Waals surface area (Å²) in [6.45, 7) is 2.08. The van der Waals surface area contributed by atoms with Crippen molar-refractivity contribution in [3.05, 3.63) is 4.83 Å². The molecule has 55 valence electrons. The van der Waals surface area contributed by atoms with E-state index in [-0.39, 0.29) is 5.38 Å². The van der Waals surface area contributed by atoms with Gasteiger partial charge < -0.3 is 0 Å². The van der Waals surface area contributed by atoms with Crippen LogP contribution < -0.4 is 0 Å². The van der Waals surface area contributed by atoms with Crippen LogP contribution in [0.3, 0.4) is 0 Å². The predicted molar refractivity (Wildman–Crippen MR) is 50.5 cm³/mol. The zero-order chi connectivity index (χ0) is 7.28. The van der Waals surface area contributed by atoms with Gasteiger partial charge in [0.2, 0.25) is 0 Å². The highest BCUT2D eigenvalue weighted by molar-refractivity contribution is 9.11. The molecule has 0 aromatic rings. The fourth-order valence-corrected chi connectivity index (χ4v) is 2.06. The van der Waals surface area contributed by atoms with Gasteiger partial charge >= 0.3 is 0 Å². The van der Waals surface area contributed by atoms with E-state index in [0.717, 1.165) is 18.2 Å². The normalized spacial score (nSPS) is 14.3. The van der Waals surface area contributed by atoms with Crippen molar-refractivity contribution in [1.82, 2.24) is 0 Å². The van der Waals surface area contributed by atoms with Crippen LogP contribution in [0.4, 0.5) is 0 Å². The molecule has 0 rings (SSSR count). The Morgan fingerprint density at radius 1 is 1.67 bits per heavy atom. The molecule has 0 bridgehead atoms. The van der Waals surface area contributed by atoms with Crippen LogP contribution in [-0.2, 0) is 0 Å². The monoisotopic (exact) mass is 275 g/mol. The number of hydrogen-bond donors (Lipinski definition) is 0. The summed E-state index contributed by atoms with van der Waals surface area (Å²) < 4.78 is 0. The quantitative estimate of drug-likeness (QED) is 0.687. The van der Waals surface area contributed by atoms with Crippen molar-refractivity contribution in [3.8, 4) is 0 Å². The van der Waals surface area contributed by atoms with Crippen LogP contribution in [0.25, 0.3) is 0 Å². The van der Waals surface area contributed by atoms with E-state index in [1.807, 2.05) is 0 Å². The molecule has 0 aromatic heterocycles. The first-order chi connectivity index (χ1) is 4.22. The molecule has 9 heavy (non-hydrogen) atoms. The average molecular weight is 277 g/mol. The third kappa shape index (κ3) is 4.63. The van der Waals surface area contributed by atoms with Crippen LogP contribution >= 0.6 is 43.5 Å². The number of alkyl halides is 2. The molecule has 0 aliphatic rings. The van der Waals surface area contributed by atoms with Crippen LogP contribution in [0.5, 0.6) is 0 Å². The van der Waals surface area contributed by atoms with Crippen molar-refractivity contribution in [2.75, 3.05) is 5.33 Å². The zero-order valence-electron chi connectivity index (χ0n) is 5.33. The number of hydrogen-bond acceptors (Lipinski definition) is 0. The van der Waals surface area contributed by atoms with Gasteiger partial charge in [0.1, 0.15) is 0 Å².